The molecule has 0 aliphatic carbocycles. The van der Waals surface area contributed by atoms with Crippen LogP contribution in [0.3, 0.4) is 0 Å². The molecule has 0 spiro atoms. The summed E-state index contributed by atoms with van der Waals surface area (Å²) in [5.74, 6) is 0. The summed E-state index contributed by atoms with van der Waals surface area (Å²) < 4.78 is 0. The molecule has 2 heterocycles. The van der Waals surface area contributed by atoms with Crippen LogP contribution in [-0.4, -0.2) is 29.0 Å². The Balaban J connectivity index is 1.43. The van der Waals surface area contributed by atoms with Crippen LogP contribution in [0.4, 0.5) is 4.79 Å². The van der Waals surface area contributed by atoms with E-state index in [9.17, 15) is 4.79 Å². The number of nitrogens with one attached hydrogen (secondary N) is 1. The second-order valence-electron chi connectivity index (χ2n) is 7.46. The maximum atomic E-state index is 13.0. The lowest BCUT2D eigenvalue weighted by atomic mass is 10.0. The Morgan fingerprint density at radius 2 is 1.82 bits per heavy atom. The number of likely N-dealkylation sites (tertiary alicyclic amines) is 1. The highest BCUT2D eigenvalue weighted by atomic mass is 16.2. The van der Waals surface area contributed by atoms with Crippen molar-refractivity contribution in [2.45, 2.75) is 38.1 Å². The van der Waals surface area contributed by atoms with Gasteiger partial charge in [0.1, 0.15) is 0 Å². The zero-order valence-corrected chi connectivity index (χ0v) is 16.2. The monoisotopic (exact) mass is 373 g/mol. The van der Waals surface area contributed by atoms with E-state index in [-0.39, 0.29) is 12.1 Å². The Kier molecular flexibility index (Phi) is 5.86. The van der Waals surface area contributed by atoms with Gasteiger partial charge in [-0.1, -0.05) is 55.3 Å². The van der Waals surface area contributed by atoms with Gasteiger partial charge in [-0.3, -0.25) is 4.98 Å². The Bertz CT molecular complexity index is 920. The molecule has 1 fully saturated rings. The Morgan fingerprint density at radius 1 is 1.00 bits per heavy atom. The van der Waals surface area contributed by atoms with Gasteiger partial charge in [0.05, 0.1) is 6.04 Å². The molecule has 4 rings (SSSR count). The molecule has 0 saturated carbocycles. The Morgan fingerprint density at radius 3 is 2.71 bits per heavy atom. The van der Waals surface area contributed by atoms with Crippen LogP contribution in [-0.2, 0) is 6.42 Å². The number of benzene rings is 2. The summed E-state index contributed by atoms with van der Waals surface area (Å²) in [4.78, 5) is 19.1. The summed E-state index contributed by atoms with van der Waals surface area (Å²) in [5, 5.41) is 5.68. The summed E-state index contributed by atoms with van der Waals surface area (Å²) in [6, 6.07) is 19.1. The lowest BCUT2D eigenvalue weighted by molar-refractivity contribution is 0.176. The van der Waals surface area contributed by atoms with Crippen molar-refractivity contribution in [1.29, 1.82) is 0 Å². The zero-order valence-electron chi connectivity index (χ0n) is 16.2. The third kappa shape index (κ3) is 4.16. The maximum absolute atomic E-state index is 13.0. The van der Waals surface area contributed by atoms with Crippen molar-refractivity contribution in [3.63, 3.8) is 0 Å². The Labute approximate surface area is 166 Å². The molecule has 1 aliphatic rings. The molecule has 1 atom stereocenters. The molecule has 0 unspecified atom stereocenters. The van der Waals surface area contributed by atoms with Crippen LogP contribution in [0.1, 0.15) is 42.9 Å². The number of aromatic nitrogens is 1. The zero-order chi connectivity index (χ0) is 19.2. The molecule has 3 aromatic rings. The van der Waals surface area contributed by atoms with E-state index < -0.39 is 0 Å². The van der Waals surface area contributed by atoms with Crippen molar-refractivity contribution in [3.05, 3.63) is 78.1 Å². The maximum Gasteiger partial charge on any atom is 0.317 e. The molecule has 0 radical (unpaired) electrons. The first-order chi connectivity index (χ1) is 13.8. The summed E-state index contributed by atoms with van der Waals surface area (Å²) in [6.07, 6.45) is 8.89. The standard InChI is InChI=1S/C24H27N3O/c28-24(26-17-14-20-9-6-8-19-7-3-4-10-22(19)20)27-18-5-1-2-11-23(27)21-12-15-25-16-13-21/h3-4,6-10,12-13,15-16,23H,1-2,5,11,14,17-18H2,(H,26,28)/t23-/m0/s1. The fraction of sp³-hybridized carbons (Fsp3) is 0.333. The van der Waals surface area contributed by atoms with Gasteiger partial charge in [0.2, 0.25) is 0 Å². The highest BCUT2D eigenvalue weighted by molar-refractivity contribution is 5.85. The van der Waals surface area contributed by atoms with Crippen LogP contribution < -0.4 is 5.32 Å². The number of urea groups is 1. The molecule has 4 nitrogen and oxygen atoms in total. The summed E-state index contributed by atoms with van der Waals surface area (Å²) in [7, 11) is 0. The van der Waals surface area contributed by atoms with Gasteiger partial charge in [0.15, 0.2) is 0 Å². The normalized spacial score (nSPS) is 17.3. The molecule has 2 aromatic carbocycles. The minimum Gasteiger partial charge on any atom is -0.338 e. The quantitative estimate of drug-likeness (QED) is 0.691. The van der Waals surface area contributed by atoms with E-state index in [0.717, 1.165) is 32.2 Å². The molecule has 28 heavy (non-hydrogen) atoms. The molecular formula is C24H27N3O. The van der Waals surface area contributed by atoms with E-state index >= 15 is 0 Å². The fourth-order valence-corrected chi connectivity index (χ4v) is 4.20. The minimum absolute atomic E-state index is 0.0453. The van der Waals surface area contributed by atoms with Crippen molar-refractivity contribution in [1.82, 2.24) is 15.2 Å². The second kappa shape index (κ2) is 8.87. The van der Waals surface area contributed by atoms with Gasteiger partial charge in [-0.25, -0.2) is 4.79 Å². The average molecular weight is 374 g/mol. The average Bonchev–Trinajstić information content (AvgIpc) is 3.01. The lowest BCUT2D eigenvalue weighted by Gasteiger charge is -2.30. The fourth-order valence-electron chi connectivity index (χ4n) is 4.20. The largest absolute Gasteiger partial charge is 0.338 e. The van der Waals surface area contributed by atoms with E-state index in [0.29, 0.717) is 6.54 Å². The Hall–Kier alpha value is -2.88. The van der Waals surface area contributed by atoms with Gasteiger partial charge in [0, 0.05) is 25.5 Å². The predicted molar refractivity (Wildman–Crippen MR) is 113 cm³/mol. The van der Waals surface area contributed by atoms with Crippen molar-refractivity contribution in [3.8, 4) is 0 Å². The predicted octanol–water partition coefficient (Wildman–Crippen LogP) is 5.10. The number of rotatable bonds is 4. The van der Waals surface area contributed by atoms with Gasteiger partial charge in [-0.2, -0.15) is 0 Å². The molecular weight excluding hydrogens is 346 g/mol. The first kappa shape index (κ1) is 18.5. The van der Waals surface area contributed by atoms with E-state index in [1.54, 1.807) is 0 Å². The third-order valence-electron chi connectivity index (χ3n) is 5.66. The van der Waals surface area contributed by atoms with Crippen LogP contribution in [0.25, 0.3) is 10.8 Å². The van der Waals surface area contributed by atoms with Gasteiger partial charge in [-0.05, 0) is 53.3 Å². The van der Waals surface area contributed by atoms with E-state index in [1.165, 1.54) is 28.3 Å². The topological polar surface area (TPSA) is 45.2 Å². The lowest BCUT2D eigenvalue weighted by Crippen LogP contribution is -2.42. The molecule has 4 heteroatoms. The van der Waals surface area contributed by atoms with E-state index in [2.05, 4.69) is 52.8 Å². The molecule has 144 valence electrons. The number of pyridine rings is 1. The SMILES string of the molecule is O=C(NCCc1cccc2ccccc12)N1CCCCC[C@H]1c1ccncc1. The molecule has 0 bridgehead atoms. The van der Waals surface area contributed by atoms with Crippen LogP contribution in [0.15, 0.2) is 67.0 Å². The number of hydrogen-bond acceptors (Lipinski definition) is 2. The van der Waals surface area contributed by atoms with Crippen LogP contribution in [0, 0.1) is 0 Å². The number of carbonyl (C=O) groups is 1. The van der Waals surface area contributed by atoms with Crippen molar-refractivity contribution in [2.75, 3.05) is 13.1 Å². The third-order valence-corrected chi connectivity index (χ3v) is 5.66. The molecule has 1 saturated heterocycles. The first-order valence-electron chi connectivity index (χ1n) is 10.2. The summed E-state index contributed by atoms with van der Waals surface area (Å²) in [5.41, 5.74) is 2.46. The number of nitrogens with zero attached hydrogens (tertiary/aromatic N) is 2. The molecule has 1 N–H and O–H groups in total. The smallest absolute Gasteiger partial charge is 0.317 e. The summed E-state index contributed by atoms with van der Waals surface area (Å²) in [6.45, 7) is 1.46. The summed E-state index contributed by atoms with van der Waals surface area (Å²) >= 11 is 0. The van der Waals surface area contributed by atoms with Gasteiger partial charge in [-0.15, -0.1) is 0 Å². The molecule has 1 aromatic heterocycles. The van der Waals surface area contributed by atoms with E-state index in [1.807, 2.05) is 29.4 Å². The van der Waals surface area contributed by atoms with Crippen molar-refractivity contribution >= 4 is 16.8 Å². The van der Waals surface area contributed by atoms with Gasteiger partial charge >= 0.3 is 6.03 Å². The van der Waals surface area contributed by atoms with Gasteiger partial charge < -0.3 is 10.2 Å². The number of fused-ring (bicyclic) bond motifs is 1. The van der Waals surface area contributed by atoms with Gasteiger partial charge in [0.25, 0.3) is 0 Å². The molecule has 2 amide bonds. The van der Waals surface area contributed by atoms with E-state index in [4.69, 9.17) is 0 Å². The van der Waals surface area contributed by atoms with Crippen LogP contribution >= 0.6 is 0 Å². The van der Waals surface area contributed by atoms with Crippen molar-refractivity contribution in [2.24, 2.45) is 0 Å². The van der Waals surface area contributed by atoms with Crippen molar-refractivity contribution < 1.29 is 4.79 Å². The second-order valence-corrected chi connectivity index (χ2v) is 7.46. The molecule has 1 aliphatic heterocycles. The number of hydrogen-bond donors (Lipinski definition) is 1. The number of carbonyl (C=O) groups excluding carboxylic acids is 1. The first-order valence-corrected chi connectivity index (χ1v) is 10.2. The van der Waals surface area contributed by atoms with Crippen LogP contribution in [0.5, 0.6) is 0 Å². The minimum atomic E-state index is 0.0453. The highest BCUT2D eigenvalue weighted by Gasteiger charge is 2.26. The van der Waals surface area contributed by atoms with Crippen LogP contribution in [0.2, 0.25) is 0 Å². The number of amides is 2. The highest BCUT2D eigenvalue weighted by Crippen LogP contribution is 2.29.